The topological polar surface area (TPSA) is 40.5 Å². The highest BCUT2D eigenvalue weighted by molar-refractivity contribution is 5.18. The van der Waals surface area contributed by atoms with Crippen LogP contribution in [0.3, 0.4) is 0 Å². The summed E-state index contributed by atoms with van der Waals surface area (Å²) in [6.07, 6.45) is 2.05. The van der Waals surface area contributed by atoms with E-state index in [1.807, 2.05) is 6.92 Å². The second kappa shape index (κ2) is 4.25. The molecule has 1 aliphatic rings. The van der Waals surface area contributed by atoms with Crippen molar-refractivity contribution in [3.63, 3.8) is 0 Å². The van der Waals surface area contributed by atoms with E-state index in [2.05, 4.69) is 13.8 Å². The molecule has 0 aliphatic heterocycles. The molecule has 2 heteroatoms. The lowest BCUT2D eigenvalue weighted by Crippen LogP contribution is -2.24. The minimum Gasteiger partial charge on any atom is -0.393 e. The van der Waals surface area contributed by atoms with E-state index in [-0.39, 0.29) is 12.2 Å². The third-order valence-electron chi connectivity index (χ3n) is 2.89. The first-order valence-corrected chi connectivity index (χ1v) is 5.04. The van der Waals surface area contributed by atoms with Crippen LogP contribution in [0.1, 0.15) is 40.0 Å². The minimum atomic E-state index is -0.257. The first kappa shape index (κ1) is 10.7. The van der Waals surface area contributed by atoms with Crippen molar-refractivity contribution in [1.82, 2.24) is 0 Å². The molecular formula is C11H20O2. The molecule has 1 aliphatic carbocycles. The Labute approximate surface area is 80.3 Å². The molecule has 0 saturated carbocycles. The van der Waals surface area contributed by atoms with Crippen LogP contribution in [0.5, 0.6) is 0 Å². The summed E-state index contributed by atoms with van der Waals surface area (Å²) < 4.78 is 0. The molecule has 0 fully saturated rings. The maximum atomic E-state index is 9.60. The monoisotopic (exact) mass is 184 g/mol. The molecule has 0 spiro atoms. The van der Waals surface area contributed by atoms with Crippen molar-refractivity contribution in [2.45, 2.75) is 52.2 Å². The average Bonchev–Trinajstić information content (AvgIpc) is 1.99. The lowest BCUT2D eigenvalue weighted by molar-refractivity contribution is 0.105. The molecule has 0 unspecified atom stereocenters. The largest absolute Gasteiger partial charge is 0.393 e. The highest BCUT2D eigenvalue weighted by atomic mass is 16.3. The third-order valence-corrected chi connectivity index (χ3v) is 2.89. The van der Waals surface area contributed by atoms with Gasteiger partial charge in [0.2, 0.25) is 0 Å². The Kier molecular flexibility index (Phi) is 3.51. The number of aliphatic hydroxyl groups is 2. The van der Waals surface area contributed by atoms with Crippen LogP contribution in [0.4, 0.5) is 0 Å². The Morgan fingerprint density at radius 3 is 2.62 bits per heavy atom. The van der Waals surface area contributed by atoms with Gasteiger partial charge in [-0.2, -0.15) is 0 Å². The zero-order chi connectivity index (χ0) is 10.0. The fraction of sp³-hybridized carbons (Fsp3) is 0.818. The van der Waals surface area contributed by atoms with Crippen molar-refractivity contribution in [3.05, 3.63) is 11.1 Å². The SMILES string of the molecule is CC1=C(C[C@H](C)O)C[C@H](C)[C@H](O)C1. The van der Waals surface area contributed by atoms with Crippen LogP contribution in [0.25, 0.3) is 0 Å². The first-order chi connectivity index (χ1) is 6.00. The highest BCUT2D eigenvalue weighted by Crippen LogP contribution is 2.31. The van der Waals surface area contributed by atoms with Gasteiger partial charge in [0.25, 0.3) is 0 Å². The average molecular weight is 184 g/mol. The number of aliphatic hydroxyl groups excluding tert-OH is 2. The highest BCUT2D eigenvalue weighted by Gasteiger charge is 2.23. The molecule has 3 atom stereocenters. The summed E-state index contributed by atoms with van der Waals surface area (Å²) in [4.78, 5) is 0. The summed E-state index contributed by atoms with van der Waals surface area (Å²) in [6.45, 7) is 5.95. The molecule has 76 valence electrons. The van der Waals surface area contributed by atoms with E-state index in [1.165, 1.54) is 11.1 Å². The van der Waals surface area contributed by atoms with Crippen molar-refractivity contribution in [2.24, 2.45) is 5.92 Å². The third kappa shape index (κ3) is 2.82. The molecule has 1 rings (SSSR count). The molecule has 0 aromatic rings. The van der Waals surface area contributed by atoms with Crippen LogP contribution >= 0.6 is 0 Å². The molecule has 13 heavy (non-hydrogen) atoms. The zero-order valence-corrected chi connectivity index (χ0v) is 8.75. The molecule has 0 saturated heterocycles. The maximum absolute atomic E-state index is 9.60. The Balaban J connectivity index is 2.66. The van der Waals surface area contributed by atoms with Gasteiger partial charge in [-0.05, 0) is 39.0 Å². The van der Waals surface area contributed by atoms with Crippen molar-refractivity contribution in [1.29, 1.82) is 0 Å². The Hall–Kier alpha value is -0.340. The van der Waals surface area contributed by atoms with Gasteiger partial charge in [0.15, 0.2) is 0 Å². The summed E-state index contributed by atoms with van der Waals surface area (Å²) in [5.74, 6) is 0.345. The molecule has 0 aromatic heterocycles. The Morgan fingerprint density at radius 1 is 1.46 bits per heavy atom. The predicted molar refractivity (Wildman–Crippen MR) is 53.4 cm³/mol. The van der Waals surface area contributed by atoms with Gasteiger partial charge in [0, 0.05) is 0 Å². The van der Waals surface area contributed by atoms with Crippen molar-refractivity contribution < 1.29 is 10.2 Å². The number of hydrogen-bond acceptors (Lipinski definition) is 2. The maximum Gasteiger partial charge on any atom is 0.0605 e. The van der Waals surface area contributed by atoms with Gasteiger partial charge in [-0.15, -0.1) is 0 Å². The molecule has 0 aromatic carbocycles. The van der Waals surface area contributed by atoms with Crippen molar-refractivity contribution in [2.75, 3.05) is 0 Å². The van der Waals surface area contributed by atoms with E-state index >= 15 is 0 Å². The van der Waals surface area contributed by atoms with Crippen LogP contribution in [0.2, 0.25) is 0 Å². The quantitative estimate of drug-likeness (QED) is 0.643. The minimum absolute atomic E-state index is 0.183. The molecular weight excluding hydrogens is 164 g/mol. The van der Waals surface area contributed by atoms with Gasteiger partial charge >= 0.3 is 0 Å². The van der Waals surface area contributed by atoms with Crippen LogP contribution in [-0.4, -0.2) is 22.4 Å². The van der Waals surface area contributed by atoms with Gasteiger partial charge in [-0.1, -0.05) is 18.1 Å². The molecule has 0 bridgehead atoms. The zero-order valence-electron chi connectivity index (χ0n) is 8.75. The van der Waals surface area contributed by atoms with E-state index in [0.29, 0.717) is 5.92 Å². The van der Waals surface area contributed by atoms with E-state index in [9.17, 15) is 10.2 Å². The Bertz CT molecular complexity index is 206. The lowest BCUT2D eigenvalue weighted by Gasteiger charge is -2.28. The van der Waals surface area contributed by atoms with Crippen molar-refractivity contribution >= 4 is 0 Å². The summed E-state index contributed by atoms with van der Waals surface area (Å²) in [6, 6.07) is 0. The number of rotatable bonds is 2. The standard InChI is InChI=1S/C11H20O2/c1-7-5-11(13)8(2)4-10(7)6-9(3)12/h8-9,11-13H,4-6H2,1-3H3/t8-,9-,11+/m0/s1. The summed E-state index contributed by atoms with van der Waals surface area (Å²) in [7, 11) is 0. The normalized spacial score (nSPS) is 32.1. The second-order valence-corrected chi connectivity index (χ2v) is 4.39. The molecule has 2 N–H and O–H groups in total. The van der Waals surface area contributed by atoms with Crippen LogP contribution < -0.4 is 0 Å². The summed E-state index contributed by atoms with van der Waals surface area (Å²) in [5, 5.41) is 18.9. The van der Waals surface area contributed by atoms with Gasteiger partial charge in [-0.3, -0.25) is 0 Å². The molecule has 0 heterocycles. The van der Waals surface area contributed by atoms with E-state index in [4.69, 9.17) is 0 Å². The smallest absolute Gasteiger partial charge is 0.0605 e. The van der Waals surface area contributed by atoms with E-state index in [1.54, 1.807) is 0 Å². The summed E-state index contributed by atoms with van der Waals surface area (Å²) in [5.41, 5.74) is 2.61. The van der Waals surface area contributed by atoms with E-state index in [0.717, 1.165) is 19.3 Å². The Morgan fingerprint density at radius 2 is 2.08 bits per heavy atom. The lowest BCUT2D eigenvalue weighted by atomic mass is 9.81. The molecule has 0 amide bonds. The van der Waals surface area contributed by atoms with E-state index < -0.39 is 0 Å². The van der Waals surface area contributed by atoms with Crippen LogP contribution in [-0.2, 0) is 0 Å². The fourth-order valence-electron chi connectivity index (χ4n) is 1.97. The van der Waals surface area contributed by atoms with Crippen LogP contribution in [0.15, 0.2) is 11.1 Å². The summed E-state index contributed by atoms with van der Waals surface area (Å²) >= 11 is 0. The molecule has 0 radical (unpaired) electrons. The van der Waals surface area contributed by atoms with Gasteiger partial charge in [-0.25, -0.2) is 0 Å². The van der Waals surface area contributed by atoms with Gasteiger partial charge < -0.3 is 10.2 Å². The van der Waals surface area contributed by atoms with Gasteiger partial charge in [0.1, 0.15) is 0 Å². The fourth-order valence-corrected chi connectivity index (χ4v) is 1.97. The van der Waals surface area contributed by atoms with Crippen LogP contribution in [0, 0.1) is 5.92 Å². The first-order valence-electron chi connectivity index (χ1n) is 5.04. The number of hydrogen-bond donors (Lipinski definition) is 2. The van der Waals surface area contributed by atoms with Gasteiger partial charge in [0.05, 0.1) is 12.2 Å². The predicted octanol–water partition coefficient (Wildman–Crippen LogP) is 1.86. The second-order valence-electron chi connectivity index (χ2n) is 4.39. The molecule has 2 nitrogen and oxygen atoms in total. The van der Waals surface area contributed by atoms with Crippen molar-refractivity contribution in [3.8, 4) is 0 Å².